The Hall–Kier alpha value is -1.63. The van der Waals surface area contributed by atoms with Crippen LogP contribution in [0, 0.1) is 0 Å². The lowest BCUT2D eigenvalue weighted by molar-refractivity contribution is 0.102. The van der Waals surface area contributed by atoms with E-state index in [1.54, 1.807) is 29.6 Å². The molecular weight excluding hydrogens is 237 g/mol. The number of hydrogen-bond acceptors (Lipinski definition) is 4. The first kappa shape index (κ1) is 11.8. The summed E-state index contributed by atoms with van der Waals surface area (Å²) in [6, 6.07) is 8.17. The van der Waals surface area contributed by atoms with Gasteiger partial charge in [-0.05, 0) is 29.0 Å². The summed E-state index contributed by atoms with van der Waals surface area (Å²) in [7, 11) is -1.53. The van der Waals surface area contributed by atoms with Gasteiger partial charge in [-0.1, -0.05) is 12.1 Å². The molecule has 3 N–H and O–H groups in total. The van der Waals surface area contributed by atoms with Crippen LogP contribution in [0.3, 0.4) is 0 Å². The molecule has 0 unspecified atom stereocenters. The average molecular weight is 247 g/mol. The van der Waals surface area contributed by atoms with Crippen molar-refractivity contribution in [3.63, 3.8) is 0 Å². The molecule has 0 saturated carbocycles. The van der Waals surface area contributed by atoms with Crippen molar-refractivity contribution in [3.8, 4) is 0 Å². The van der Waals surface area contributed by atoms with Crippen LogP contribution in [0.2, 0.25) is 0 Å². The number of benzene rings is 1. The highest BCUT2D eigenvalue weighted by atomic mass is 32.1. The second-order valence-electron chi connectivity index (χ2n) is 3.47. The summed E-state index contributed by atoms with van der Waals surface area (Å²) >= 11 is 1.45. The molecule has 6 heteroatoms. The third-order valence-electron chi connectivity index (χ3n) is 2.23. The maximum absolute atomic E-state index is 11.7. The van der Waals surface area contributed by atoms with Gasteiger partial charge in [-0.2, -0.15) is 11.3 Å². The third-order valence-corrected chi connectivity index (χ3v) is 2.91. The molecule has 1 heterocycles. The smallest absolute Gasteiger partial charge is 0.423 e. The number of hydrogen-bond donors (Lipinski definition) is 3. The summed E-state index contributed by atoms with van der Waals surface area (Å²) in [6.45, 7) is 0. The van der Waals surface area contributed by atoms with Crippen molar-refractivity contribution in [2.24, 2.45) is 0 Å². The van der Waals surface area contributed by atoms with Gasteiger partial charge < -0.3 is 15.4 Å². The Labute approximate surface area is 103 Å². The molecule has 1 amide bonds. The molecule has 0 aliphatic carbocycles. The van der Waals surface area contributed by atoms with E-state index in [0.717, 1.165) is 0 Å². The van der Waals surface area contributed by atoms with Gasteiger partial charge in [-0.15, -0.1) is 0 Å². The quantitative estimate of drug-likeness (QED) is 0.698. The van der Waals surface area contributed by atoms with Crippen LogP contribution in [0.5, 0.6) is 0 Å². The van der Waals surface area contributed by atoms with Crippen molar-refractivity contribution < 1.29 is 14.8 Å². The van der Waals surface area contributed by atoms with Gasteiger partial charge in [0.15, 0.2) is 0 Å². The van der Waals surface area contributed by atoms with Gasteiger partial charge >= 0.3 is 7.12 Å². The molecule has 17 heavy (non-hydrogen) atoms. The van der Waals surface area contributed by atoms with Crippen molar-refractivity contribution in [2.75, 3.05) is 5.32 Å². The molecule has 0 saturated heterocycles. The summed E-state index contributed by atoms with van der Waals surface area (Å²) in [4.78, 5) is 11.7. The number of amides is 1. The van der Waals surface area contributed by atoms with Crippen LogP contribution >= 0.6 is 11.3 Å². The molecule has 4 nitrogen and oxygen atoms in total. The average Bonchev–Trinajstić information content (AvgIpc) is 2.82. The summed E-state index contributed by atoms with van der Waals surface area (Å²) in [6.07, 6.45) is 0. The van der Waals surface area contributed by atoms with Crippen LogP contribution < -0.4 is 10.8 Å². The molecule has 0 bridgehead atoms. The number of carbonyl (C=O) groups excluding carboxylic acids is 1. The molecular formula is C11H10BNO3S. The Morgan fingerprint density at radius 3 is 2.76 bits per heavy atom. The Kier molecular flexibility index (Phi) is 3.58. The van der Waals surface area contributed by atoms with Gasteiger partial charge in [0.2, 0.25) is 0 Å². The van der Waals surface area contributed by atoms with Crippen molar-refractivity contribution in [3.05, 3.63) is 46.7 Å². The molecule has 0 fully saturated rings. The van der Waals surface area contributed by atoms with Gasteiger partial charge in [0.25, 0.3) is 5.91 Å². The van der Waals surface area contributed by atoms with E-state index in [2.05, 4.69) is 5.32 Å². The molecule has 0 radical (unpaired) electrons. The van der Waals surface area contributed by atoms with Gasteiger partial charge in [0, 0.05) is 11.1 Å². The molecule has 2 rings (SSSR count). The molecule has 2 aromatic rings. The largest absolute Gasteiger partial charge is 0.488 e. The van der Waals surface area contributed by atoms with Crippen LogP contribution in [-0.4, -0.2) is 23.1 Å². The Morgan fingerprint density at radius 2 is 2.12 bits per heavy atom. The fraction of sp³-hybridized carbons (Fsp3) is 0. The SMILES string of the molecule is O=C(Nc1cccc(B(O)O)c1)c1ccsc1. The predicted molar refractivity (Wildman–Crippen MR) is 68.5 cm³/mol. The Bertz CT molecular complexity index is 513. The van der Waals surface area contributed by atoms with E-state index < -0.39 is 7.12 Å². The van der Waals surface area contributed by atoms with Gasteiger partial charge in [-0.25, -0.2) is 0 Å². The third kappa shape index (κ3) is 2.94. The maximum atomic E-state index is 11.7. The number of carbonyl (C=O) groups is 1. The van der Waals surface area contributed by atoms with E-state index in [1.165, 1.54) is 17.4 Å². The number of rotatable bonds is 3. The van der Waals surface area contributed by atoms with Crippen molar-refractivity contribution in [1.29, 1.82) is 0 Å². The Balaban J connectivity index is 2.14. The van der Waals surface area contributed by atoms with E-state index in [1.807, 2.05) is 5.38 Å². The van der Waals surface area contributed by atoms with Gasteiger partial charge in [-0.3, -0.25) is 4.79 Å². The van der Waals surface area contributed by atoms with Crippen LogP contribution in [0.4, 0.5) is 5.69 Å². The second-order valence-corrected chi connectivity index (χ2v) is 4.25. The molecule has 1 aromatic heterocycles. The molecule has 0 aliphatic heterocycles. The van der Waals surface area contributed by atoms with Gasteiger partial charge in [0.05, 0.1) is 5.56 Å². The fourth-order valence-electron chi connectivity index (χ4n) is 1.37. The summed E-state index contributed by atoms with van der Waals surface area (Å²) in [5, 5.41) is 24.3. The van der Waals surface area contributed by atoms with E-state index in [-0.39, 0.29) is 5.91 Å². The zero-order valence-corrected chi connectivity index (χ0v) is 9.65. The molecule has 0 spiro atoms. The maximum Gasteiger partial charge on any atom is 0.488 e. The van der Waals surface area contributed by atoms with Crippen LogP contribution in [0.25, 0.3) is 0 Å². The highest BCUT2D eigenvalue weighted by Gasteiger charge is 2.12. The highest BCUT2D eigenvalue weighted by Crippen LogP contribution is 2.10. The number of thiophene rings is 1. The highest BCUT2D eigenvalue weighted by molar-refractivity contribution is 7.08. The predicted octanol–water partition coefficient (Wildman–Crippen LogP) is 0.680. The normalized spacial score (nSPS) is 10.0. The van der Waals surface area contributed by atoms with Crippen LogP contribution in [-0.2, 0) is 0 Å². The topological polar surface area (TPSA) is 69.6 Å². The molecule has 86 valence electrons. The lowest BCUT2D eigenvalue weighted by Gasteiger charge is -2.06. The zero-order valence-electron chi connectivity index (χ0n) is 8.83. The summed E-state index contributed by atoms with van der Waals surface area (Å²) in [5.74, 6) is -0.212. The first-order valence-electron chi connectivity index (χ1n) is 4.96. The minimum Gasteiger partial charge on any atom is -0.423 e. The van der Waals surface area contributed by atoms with Crippen molar-refractivity contribution in [1.82, 2.24) is 0 Å². The monoisotopic (exact) mass is 247 g/mol. The molecule has 1 aromatic carbocycles. The molecule has 0 atom stereocenters. The lowest BCUT2D eigenvalue weighted by atomic mass is 9.80. The van der Waals surface area contributed by atoms with E-state index in [9.17, 15) is 4.79 Å². The van der Waals surface area contributed by atoms with E-state index >= 15 is 0 Å². The van der Waals surface area contributed by atoms with Gasteiger partial charge in [0.1, 0.15) is 0 Å². The summed E-state index contributed by atoms with van der Waals surface area (Å²) in [5.41, 5.74) is 1.46. The minimum atomic E-state index is -1.53. The first-order valence-corrected chi connectivity index (χ1v) is 5.91. The summed E-state index contributed by atoms with van der Waals surface area (Å²) < 4.78 is 0. The van der Waals surface area contributed by atoms with E-state index in [0.29, 0.717) is 16.7 Å². The second kappa shape index (κ2) is 5.14. The van der Waals surface area contributed by atoms with Crippen molar-refractivity contribution in [2.45, 2.75) is 0 Å². The minimum absolute atomic E-state index is 0.212. The zero-order chi connectivity index (χ0) is 12.3. The van der Waals surface area contributed by atoms with Crippen LogP contribution in [0.1, 0.15) is 10.4 Å². The standard InChI is InChI=1S/C11H10BNO3S/c14-11(8-4-5-17-7-8)13-10-3-1-2-9(6-10)12(15)16/h1-7,15-16H,(H,13,14). The molecule has 0 aliphatic rings. The lowest BCUT2D eigenvalue weighted by Crippen LogP contribution is -2.30. The van der Waals surface area contributed by atoms with Crippen LogP contribution in [0.15, 0.2) is 41.1 Å². The number of nitrogens with one attached hydrogen (secondary N) is 1. The number of anilines is 1. The Morgan fingerprint density at radius 1 is 1.29 bits per heavy atom. The van der Waals surface area contributed by atoms with E-state index in [4.69, 9.17) is 10.0 Å². The first-order chi connectivity index (χ1) is 8.16. The van der Waals surface area contributed by atoms with Crippen molar-refractivity contribution >= 4 is 35.5 Å². The fourth-order valence-corrected chi connectivity index (χ4v) is 2.01.